The summed E-state index contributed by atoms with van der Waals surface area (Å²) in [6.45, 7) is 29.6. The van der Waals surface area contributed by atoms with E-state index >= 15 is 0 Å². The van der Waals surface area contributed by atoms with Gasteiger partial charge in [-0.3, -0.25) is 23.9 Å². The lowest BCUT2D eigenvalue weighted by molar-refractivity contribution is -0.294. The van der Waals surface area contributed by atoms with E-state index in [2.05, 4.69) is 0 Å². The number of ether oxygens (including phenoxy) is 7. The molecule has 0 N–H and O–H groups in total. The summed E-state index contributed by atoms with van der Waals surface area (Å²) in [4.78, 5) is 54.1. The standard InChI is InChI=1S/C43H66N2O11/c1-24(2)45-26(5)29(22-27-18-20-28(21-19-27)51-25(3)4)34(44-45)56-35-33(55-39(49)43(15,16)17)32(54-38(48)42(12,13)14)31(53-37(47)41(9,10)11)30(52-35)23-50-36(46)40(6,7)8/h18-21,24-25,30-33,35H,22-23H2,1-17H3/t30-,31-,32+,33-,35+/m1/s1. The monoisotopic (exact) mass is 786 g/mol. The highest BCUT2D eigenvalue weighted by Crippen LogP contribution is 2.37. The summed E-state index contributed by atoms with van der Waals surface area (Å²) < 4.78 is 45.1. The molecular weight excluding hydrogens is 720 g/mol. The smallest absolute Gasteiger partial charge is 0.311 e. The van der Waals surface area contributed by atoms with Crippen molar-refractivity contribution in [2.24, 2.45) is 21.7 Å². The van der Waals surface area contributed by atoms with Gasteiger partial charge < -0.3 is 33.2 Å². The summed E-state index contributed by atoms with van der Waals surface area (Å²) >= 11 is 0. The van der Waals surface area contributed by atoms with Crippen LogP contribution in [-0.2, 0) is 49.3 Å². The predicted octanol–water partition coefficient (Wildman–Crippen LogP) is 7.72. The number of hydrogen-bond donors (Lipinski definition) is 0. The lowest BCUT2D eigenvalue weighted by Crippen LogP contribution is -2.65. The quantitative estimate of drug-likeness (QED) is 0.153. The van der Waals surface area contributed by atoms with Crippen molar-refractivity contribution in [1.29, 1.82) is 0 Å². The summed E-state index contributed by atoms with van der Waals surface area (Å²) in [6.07, 6.45) is -6.59. The first-order valence-electron chi connectivity index (χ1n) is 19.5. The Morgan fingerprint density at radius 2 is 1.16 bits per heavy atom. The van der Waals surface area contributed by atoms with Crippen LogP contribution in [0.15, 0.2) is 24.3 Å². The average Bonchev–Trinajstić information content (AvgIpc) is 3.35. The Bertz CT molecular complexity index is 1680. The van der Waals surface area contributed by atoms with E-state index in [-0.39, 0.29) is 18.0 Å². The molecule has 0 saturated carbocycles. The Hall–Kier alpha value is -4.13. The molecule has 1 fully saturated rings. The Labute approximate surface area is 333 Å². The molecule has 0 unspecified atom stereocenters. The molecule has 13 nitrogen and oxygen atoms in total. The molecule has 1 aliphatic heterocycles. The van der Waals surface area contributed by atoms with Crippen molar-refractivity contribution in [2.75, 3.05) is 6.61 Å². The number of carbonyl (C=O) groups is 4. The molecule has 1 aromatic carbocycles. The third-order valence-electron chi connectivity index (χ3n) is 8.78. The maximum Gasteiger partial charge on any atom is 0.311 e. The number of nitrogens with zero attached hydrogens (tertiary/aromatic N) is 2. The zero-order chi connectivity index (χ0) is 42.7. The SMILES string of the molecule is Cc1c(Cc2ccc(OC(C)C)cc2)c(O[C@@H]2O[C@H](COC(=O)C(C)(C)C)[C@@H](OC(=O)C(C)(C)C)[C@H](OC(=O)C(C)(C)C)[C@H]2OC(=O)C(C)(C)C)nn1C(C)C. The first-order valence-corrected chi connectivity index (χ1v) is 19.5. The van der Waals surface area contributed by atoms with Crippen LogP contribution in [0.4, 0.5) is 0 Å². The van der Waals surface area contributed by atoms with Gasteiger partial charge in [0.05, 0.1) is 27.8 Å². The number of benzene rings is 1. The fourth-order valence-electron chi connectivity index (χ4n) is 5.38. The fraction of sp³-hybridized carbons (Fsp3) is 0.698. The van der Waals surface area contributed by atoms with E-state index in [1.807, 2.05) is 63.6 Å². The minimum absolute atomic E-state index is 0.0204. The molecule has 1 aromatic heterocycles. The molecule has 314 valence electrons. The molecule has 2 heterocycles. The van der Waals surface area contributed by atoms with Crippen molar-refractivity contribution < 1.29 is 52.3 Å². The Morgan fingerprint density at radius 3 is 1.61 bits per heavy atom. The van der Waals surface area contributed by atoms with Crippen LogP contribution in [-0.4, -0.2) is 77.1 Å². The summed E-state index contributed by atoms with van der Waals surface area (Å²) in [6, 6.07) is 7.69. The van der Waals surface area contributed by atoms with Gasteiger partial charge in [0, 0.05) is 23.7 Å². The molecule has 13 heteroatoms. The molecule has 2 aromatic rings. The van der Waals surface area contributed by atoms with Gasteiger partial charge in [0.25, 0.3) is 0 Å². The molecule has 1 aliphatic rings. The predicted molar refractivity (Wildman–Crippen MR) is 210 cm³/mol. The van der Waals surface area contributed by atoms with Crippen LogP contribution in [0.3, 0.4) is 0 Å². The highest BCUT2D eigenvalue weighted by atomic mass is 16.7. The van der Waals surface area contributed by atoms with Gasteiger partial charge in [-0.1, -0.05) is 12.1 Å². The second kappa shape index (κ2) is 17.6. The van der Waals surface area contributed by atoms with E-state index in [0.717, 1.165) is 22.6 Å². The topological polar surface area (TPSA) is 151 Å². The molecule has 0 amide bonds. The second-order valence-corrected chi connectivity index (χ2v) is 19.3. The highest BCUT2D eigenvalue weighted by Gasteiger charge is 2.56. The van der Waals surface area contributed by atoms with Gasteiger partial charge >= 0.3 is 23.9 Å². The average molecular weight is 787 g/mol. The first kappa shape index (κ1) is 46.3. The van der Waals surface area contributed by atoms with Gasteiger partial charge in [-0.2, -0.15) is 0 Å². The Morgan fingerprint density at radius 1 is 0.696 bits per heavy atom. The van der Waals surface area contributed by atoms with Gasteiger partial charge in [0.2, 0.25) is 18.3 Å². The number of carbonyl (C=O) groups excluding carboxylic acids is 4. The number of esters is 4. The van der Waals surface area contributed by atoms with Crippen LogP contribution in [0.2, 0.25) is 0 Å². The number of rotatable bonds is 12. The van der Waals surface area contributed by atoms with E-state index in [1.54, 1.807) is 83.1 Å². The van der Waals surface area contributed by atoms with Gasteiger partial charge in [-0.05, 0) is 135 Å². The van der Waals surface area contributed by atoms with Crippen molar-refractivity contribution in [2.45, 2.75) is 167 Å². The molecule has 0 radical (unpaired) electrons. The van der Waals surface area contributed by atoms with Crippen LogP contribution in [0.1, 0.15) is 134 Å². The minimum atomic E-state index is -1.47. The van der Waals surface area contributed by atoms with E-state index in [4.69, 9.17) is 38.3 Å². The molecule has 56 heavy (non-hydrogen) atoms. The summed E-state index contributed by atoms with van der Waals surface area (Å²) in [5.41, 5.74) is -1.37. The van der Waals surface area contributed by atoms with E-state index in [9.17, 15) is 19.2 Å². The molecule has 3 rings (SSSR count). The fourth-order valence-corrected chi connectivity index (χ4v) is 5.38. The Kier molecular flexibility index (Phi) is 14.5. The van der Waals surface area contributed by atoms with Gasteiger partial charge in [0.1, 0.15) is 18.5 Å². The van der Waals surface area contributed by atoms with E-state index in [1.165, 1.54) is 0 Å². The lowest BCUT2D eigenvalue weighted by Gasteiger charge is -2.45. The van der Waals surface area contributed by atoms with Crippen molar-refractivity contribution in [3.63, 3.8) is 0 Å². The zero-order valence-electron chi connectivity index (χ0n) is 36.7. The third-order valence-corrected chi connectivity index (χ3v) is 8.78. The van der Waals surface area contributed by atoms with Crippen molar-refractivity contribution >= 4 is 23.9 Å². The van der Waals surface area contributed by atoms with Crippen LogP contribution in [0.5, 0.6) is 11.6 Å². The molecule has 0 aliphatic carbocycles. The third kappa shape index (κ3) is 12.2. The van der Waals surface area contributed by atoms with Crippen LogP contribution in [0, 0.1) is 28.6 Å². The van der Waals surface area contributed by atoms with E-state index in [0.29, 0.717) is 6.42 Å². The number of aromatic nitrogens is 2. The molecule has 0 bridgehead atoms. The lowest BCUT2D eigenvalue weighted by atomic mass is 9.93. The largest absolute Gasteiger partial charge is 0.491 e. The number of hydrogen-bond acceptors (Lipinski definition) is 12. The second-order valence-electron chi connectivity index (χ2n) is 19.3. The molecule has 5 atom stereocenters. The molecule has 0 spiro atoms. The van der Waals surface area contributed by atoms with Crippen LogP contribution >= 0.6 is 0 Å². The first-order chi connectivity index (χ1) is 25.5. The zero-order valence-corrected chi connectivity index (χ0v) is 36.7. The molecule has 1 saturated heterocycles. The van der Waals surface area contributed by atoms with Gasteiger partial charge in [0.15, 0.2) is 12.2 Å². The normalized spacial score (nSPS) is 20.7. The summed E-state index contributed by atoms with van der Waals surface area (Å²) in [5.74, 6) is -1.56. The van der Waals surface area contributed by atoms with Gasteiger partial charge in [-0.15, -0.1) is 5.10 Å². The molecular formula is C43H66N2O11. The van der Waals surface area contributed by atoms with Crippen molar-refractivity contribution in [3.05, 3.63) is 41.1 Å². The van der Waals surface area contributed by atoms with Gasteiger partial charge in [-0.25, -0.2) is 0 Å². The maximum atomic E-state index is 13.7. The minimum Gasteiger partial charge on any atom is -0.491 e. The summed E-state index contributed by atoms with van der Waals surface area (Å²) in [7, 11) is 0. The van der Waals surface area contributed by atoms with Crippen molar-refractivity contribution in [3.8, 4) is 11.6 Å². The Balaban J connectivity index is 2.25. The van der Waals surface area contributed by atoms with E-state index < -0.39 is 82.8 Å². The van der Waals surface area contributed by atoms with Crippen LogP contribution in [0.25, 0.3) is 0 Å². The highest BCUT2D eigenvalue weighted by molar-refractivity contribution is 5.78. The van der Waals surface area contributed by atoms with Crippen molar-refractivity contribution in [1.82, 2.24) is 9.78 Å². The van der Waals surface area contributed by atoms with Crippen LogP contribution < -0.4 is 9.47 Å². The maximum absolute atomic E-state index is 13.7. The summed E-state index contributed by atoms with van der Waals surface area (Å²) in [5, 5.41) is 4.85.